The predicted octanol–water partition coefficient (Wildman–Crippen LogP) is 5.21. The molecule has 2 rings (SSSR count). The van der Waals surface area contributed by atoms with Gasteiger partial charge in [0.1, 0.15) is 5.82 Å². The van der Waals surface area contributed by atoms with Crippen LogP contribution in [0.15, 0.2) is 34.8 Å². The summed E-state index contributed by atoms with van der Waals surface area (Å²) < 4.78 is 14.9. The molecule has 0 aliphatic rings. The second-order valence-electron chi connectivity index (χ2n) is 5.52. The van der Waals surface area contributed by atoms with Crippen molar-refractivity contribution in [2.75, 3.05) is 6.54 Å². The van der Waals surface area contributed by atoms with Gasteiger partial charge in [-0.15, -0.1) is 0 Å². The first-order valence-corrected chi connectivity index (χ1v) is 7.98. The number of halogens is 2. The van der Waals surface area contributed by atoms with Crippen LogP contribution in [0.2, 0.25) is 0 Å². The number of benzene rings is 2. The van der Waals surface area contributed by atoms with Crippen LogP contribution in [0, 0.1) is 26.6 Å². The second kappa shape index (κ2) is 6.71. The van der Waals surface area contributed by atoms with E-state index in [1.807, 2.05) is 13.0 Å². The van der Waals surface area contributed by atoms with Crippen LogP contribution in [0.3, 0.4) is 0 Å². The summed E-state index contributed by atoms with van der Waals surface area (Å²) >= 11 is 3.60. The van der Waals surface area contributed by atoms with E-state index in [-0.39, 0.29) is 11.9 Å². The molecule has 0 aliphatic heterocycles. The quantitative estimate of drug-likeness (QED) is 0.798. The van der Waals surface area contributed by atoms with Crippen molar-refractivity contribution in [2.24, 2.45) is 0 Å². The number of rotatable bonds is 4. The summed E-state index contributed by atoms with van der Waals surface area (Å²) in [7, 11) is 0. The SMILES string of the molecule is CCNC(c1cc(C)cc(F)c1)c1cc(C)c(Br)c(C)c1. The molecule has 1 N–H and O–H groups in total. The van der Waals surface area contributed by atoms with Crippen LogP contribution in [0.4, 0.5) is 4.39 Å². The minimum Gasteiger partial charge on any atom is -0.307 e. The second-order valence-corrected chi connectivity index (χ2v) is 6.31. The molecule has 0 amide bonds. The molecule has 0 saturated carbocycles. The van der Waals surface area contributed by atoms with Crippen molar-refractivity contribution in [3.05, 3.63) is 68.4 Å². The molecular formula is C18H21BrFN. The third-order valence-corrected chi connectivity index (χ3v) is 4.85. The minimum atomic E-state index is -0.182. The van der Waals surface area contributed by atoms with E-state index in [1.165, 1.54) is 16.7 Å². The first-order valence-electron chi connectivity index (χ1n) is 7.19. The minimum absolute atomic E-state index is 0.00917. The number of aryl methyl sites for hydroxylation is 3. The average Bonchev–Trinajstić information content (AvgIpc) is 2.40. The van der Waals surface area contributed by atoms with Gasteiger partial charge in [0.05, 0.1) is 6.04 Å². The molecule has 2 aromatic carbocycles. The van der Waals surface area contributed by atoms with Crippen molar-refractivity contribution in [2.45, 2.75) is 33.7 Å². The van der Waals surface area contributed by atoms with E-state index in [1.54, 1.807) is 12.1 Å². The fourth-order valence-corrected chi connectivity index (χ4v) is 2.94. The van der Waals surface area contributed by atoms with Crippen molar-refractivity contribution < 1.29 is 4.39 Å². The highest BCUT2D eigenvalue weighted by molar-refractivity contribution is 9.10. The van der Waals surface area contributed by atoms with E-state index in [4.69, 9.17) is 0 Å². The monoisotopic (exact) mass is 349 g/mol. The molecule has 0 bridgehead atoms. The van der Waals surface area contributed by atoms with Crippen LogP contribution < -0.4 is 5.32 Å². The van der Waals surface area contributed by atoms with Crippen LogP contribution in [0.25, 0.3) is 0 Å². The smallest absolute Gasteiger partial charge is 0.123 e. The van der Waals surface area contributed by atoms with Gasteiger partial charge >= 0.3 is 0 Å². The molecule has 0 aromatic heterocycles. The Morgan fingerprint density at radius 1 is 1.00 bits per heavy atom. The normalized spacial score (nSPS) is 12.5. The van der Waals surface area contributed by atoms with Gasteiger partial charge in [0.25, 0.3) is 0 Å². The number of nitrogens with one attached hydrogen (secondary N) is 1. The van der Waals surface area contributed by atoms with E-state index >= 15 is 0 Å². The molecular weight excluding hydrogens is 329 g/mol. The van der Waals surface area contributed by atoms with Crippen LogP contribution in [0.1, 0.15) is 40.8 Å². The van der Waals surface area contributed by atoms with E-state index < -0.39 is 0 Å². The van der Waals surface area contributed by atoms with Crippen LogP contribution in [0.5, 0.6) is 0 Å². The highest BCUT2D eigenvalue weighted by Gasteiger charge is 2.16. The van der Waals surface area contributed by atoms with Crippen LogP contribution in [-0.2, 0) is 0 Å². The van der Waals surface area contributed by atoms with Crippen LogP contribution in [-0.4, -0.2) is 6.54 Å². The predicted molar refractivity (Wildman–Crippen MR) is 90.3 cm³/mol. The van der Waals surface area contributed by atoms with Gasteiger partial charge in [-0.05, 0) is 67.3 Å². The summed E-state index contributed by atoms with van der Waals surface area (Å²) in [6.45, 7) is 8.99. The van der Waals surface area contributed by atoms with Gasteiger partial charge in [-0.25, -0.2) is 4.39 Å². The van der Waals surface area contributed by atoms with Gasteiger partial charge in [0.15, 0.2) is 0 Å². The Morgan fingerprint density at radius 2 is 1.57 bits per heavy atom. The van der Waals surface area contributed by atoms with Crippen molar-refractivity contribution in [3.63, 3.8) is 0 Å². The molecule has 112 valence electrons. The Bertz CT molecular complexity index is 608. The molecule has 1 nitrogen and oxygen atoms in total. The number of hydrogen-bond acceptors (Lipinski definition) is 1. The summed E-state index contributed by atoms with van der Waals surface area (Å²) in [5.41, 5.74) is 5.47. The maximum atomic E-state index is 13.7. The number of hydrogen-bond donors (Lipinski definition) is 1. The summed E-state index contributed by atoms with van der Waals surface area (Å²) in [6, 6.07) is 9.55. The molecule has 0 heterocycles. The molecule has 3 heteroatoms. The maximum Gasteiger partial charge on any atom is 0.123 e. The Labute approximate surface area is 134 Å². The standard InChI is InChI=1S/C18H21BrFN/c1-5-21-18(14-6-11(2)7-16(20)10-14)15-8-12(3)17(19)13(4)9-15/h6-10,18,21H,5H2,1-4H3. The lowest BCUT2D eigenvalue weighted by atomic mass is 9.94. The molecule has 1 unspecified atom stereocenters. The van der Waals surface area contributed by atoms with Crippen molar-refractivity contribution >= 4 is 15.9 Å². The van der Waals surface area contributed by atoms with Gasteiger partial charge in [0, 0.05) is 4.47 Å². The maximum absolute atomic E-state index is 13.7. The Kier molecular flexibility index (Phi) is 5.17. The zero-order valence-electron chi connectivity index (χ0n) is 12.9. The van der Waals surface area contributed by atoms with Gasteiger partial charge in [0.2, 0.25) is 0 Å². The highest BCUT2D eigenvalue weighted by Crippen LogP contribution is 2.29. The van der Waals surface area contributed by atoms with Crippen molar-refractivity contribution in [1.29, 1.82) is 0 Å². The zero-order valence-corrected chi connectivity index (χ0v) is 14.5. The Balaban J connectivity index is 2.53. The molecule has 0 aliphatic carbocycles. The van der Waals surface area contributed by atoms with Gasteiger partial charge < -0.3 is 5.32 Å². The van der Waals surface area contributed by atoms with E-state index in [9.17, 15) is 4.39 Å². The summed E-state index contributed by atoms with van der Waals surface area (Å²) in [5.74, 6) is -0.182. The van der Waals surface area contributed by atoms with Gasteiger partial charge in [-0.3, -0.25) is 0 Å². The lowest BCUT2D eigenvalue weighted by molar-refractivity contribution is 0.601. The van der Waals surface area contributed by atoms with E-state index in [0.29, 0.717) is 0 Å². The van der Waals surface area contributed by atoms with Gasteiger partial charge in [-0.1, -0.05) is 41.1 Å². The topological polar surface area (TPSA) is 12.0 Å². The third-order valence-electron chi connectivity index (χ3n) is 3.60. The van der Waals surface area contributed by atoms with E-state index in [0.717, 1.165) is 22.1 Å². The molecule has 21 heavy (non-hydrogen) atoms. The zero-order chi connectivity index (χ0) is 15.6. The van der Waals surface area contributed by atoms with Crippen molar-refractivity contribution in [3.8, 4) is 0 Å². The first-order chi connectivity index (χ1) is 9.92. The third kappa shape index (κ3) is 3.72. The summed E-state index contributed by atoms with van der Waals surface area (Å²) in [6.07, 6.45) is 0. The largest absolute Gasteiger partial charge is 0.307 e. The molecule has 0 fully saturated rings. The van der Waals surface area contributed by atoms with Crippen LogP contribution >= 0.6 is 15.9 Å². The Morgan fingerprint density at radius 3 is 2.10 bits per heavy atom. The molecule has 0 saturated heterocycles. The molecule has 2 aromatic rings. The molecule has 1 atom stereocenters. The molecule has 0 spiro atoms. The van der Waals surface area contributed by atoms with E-state index in [2.05, 4.69) is 54.2 Å². The van der Waals surface area contributed by atoms with Crippen molar-refractivity contribution in [1.82, 2.24) is 5.32 Å². The lowest BCUT2D eigenvalue weighted by Crippen LogP contribution is -2.22. The van der Waals surface area contributed by atoms with Gasteiger partial charge in [-0.2, -0.15) is 0 Å². The lowest BCUT2D eigenvalue weighted by Gasteiger charge is -2.21. The average molecular weight is 350 g/mol. The first kappa shape index (κ1) is 16.2. The highest BCUT2D eigenvalue weighted by atomic mass is 79.9. The molecule has 0 radical (unpaired) electrons. The fraction of sp³-hybridized carbons (Fsp3) is 0.333. The Hall–Kier alpha value is -1.19. The summed E-state index contributed by atoms with van der Waals surface area (Å²) in [4.78, 5) is 0. The fourth-order valence-electron chi connectivity index (χ4n) is 2.71. The summed E-state index contributed by atoms with van der Waals surface area (Å²) in [5, 5.41) is 3.46.